The van der Waals surface area contributed by atoms with E-state index in [1.165, 1.54) is 24.5 Å². The average Bonchev–Trinajstić information content (AvgIpc) is 3.54. The quantitative estimate of drug-likeness (QED) is 0.337. The van der Waals surface area contributed by atoms with Crippen molar-refractivity contribution >= 4 is 39.0 Å². The van der Waals surface area contributed by atoms with Gasteiger partial charge in [0, 0.05) is 47.5 Å². The van der Waals surface area contributed by atoms with Crippen molar-refractivity contribution in [2.75, 3.05) is 64.3 Å². The lowest BCUT2D eigenvalue weighted by molar-refractivity contribution is -0.132. The van der Waals surface area contributed by atoms with Crippen LogP contribution in [0.25, 0.3) is 0 Å². The molecule has 6 rings (SSSR count). The molecule has 1 atom stereocenters. The van der Waals surface area contributed by atoms with Gasteiger partial charge in [0.1, 0.15) is 16.4 Å². The Hall–Kier alpha value is -3.65. The highest BCUT2D eigenvalue weighted by molar-refractivity contribution is 7.93. The van der Waals surface area contributed by atoms with E-state index in [1.54, 1.807) is 54.3 Å². The number of ether oxygens (including phenoxy) is 3. The molecule has 1 unspecified atom stereocenters. The molecule has 0 bridgehead atoms. The Balaban J connectivity index is 1.43. The summed E-state index contributed by atoms with van der Waals surface area (Å²) in [5.41, 5.74) is -1.68. The van der Waals surface area contributed by atoms with E-state index in [9.17, 15) is 13.2 Å². The van der Waals surface area contributed by atoms with E-state index in [0.717, 1.165) is 35.1 Å². The highest BCUT2D eigenvalue weighted by Gasteiger charge is 2.61. The fourth-order valence-corrected chi connectivity index (χ4v) is 9.93. The number of likely N-dealkylation sites (tertiary alicyclic amines) is 1. The minimum atomic E-state index is -4.42. The van der Waals surface area contributed by atoms with E-state index in [4.69, 9.17) is 14.2 Å². The monoisotopic (exact) mass is 682 g/mol. The molecule has 2 fully saturated rings. The van der Waals surface area contributed by atoms with Crippen LogP contribution < -0.4 is 13.8 Å². The number of methoxy groups -OCH3 is 1. The van der Waals surface area contributed by atoms with Crippen LogP contribution in [-0.4, -0.2) is 101 Å². The maximum Gasteiger partial charge on any atom is 0.411 e. The predicted octanol–water partition coefficient (Wildman–Crippen LogP) is 4.60. The number of para-hydroxylation sites is 1. The number of carbonyl (C=O) groups is 2. The van der Waals surface area contributed by atoms with Crippen molar-refractivity contribution in [2.24, 2.45) is 0 Å². The van der Waals surface area contributed by atoms with Crippen LogP contribution in [0.3, 0.4) is 0 Å². The van der Waals surface area contributed by atoms with Gasteiger partial charge < -0.3 is 24.0 Å². The molecule has 252 valence electrons. The Morgan fingerprint density at radius 3 is 2.32 bits per heavy atom. The molecular formula is C34H42N4O7S2. The number of benzene rings is 2. The number of sulfonamides is 1. The SMILES string of the molecule is CCOc1ccccc1C1(OC(=O)N2CCN(C3CCN(C)CC3)CC2)C(=O)N(S(=O)(=O)c2cc(C)sc2C)c2ccc(OC)cc21. The first-order valence-electron chi connectivity index (χ1n) is 16.0. The molecule has 0 N–H and O–H groups in total. The Labute approximate surface area is 280 Å². The summed E-state index contributed by atoms with van der Waals surface area (Å²) in [5, 5.41) is 0. The molecule has 0 spiro atoms. The van der Waals surface area contributed by atoms with Crippen molar-refractivity contribution in [3.63, 3.8) is 0 Å². The van der Waals surface area contributed by atoms with Crippen LogP contribution in [0.4, 0.5) is 10.5 Å². The van der Waals surface area contributed by atoms with E-state index in [-0.39, 0.29) is 28.3 Å². The third kappa shape index (κ3) is 5.87. The second-order valence-electron chi connectivity index (χ2n) is 12.3. The molecule has 13 heteroatoms. The molecule has 0 aliphatic carbocycles. The number of hydrogen-bond acceptors (Lipinski definition) is 10. The normalized spacial score (nSPS) is 21.2. The summed E-state index contributed by atoms with van der Waals surface area (Å²) >= 11 is 1.33. The number of hydrogen-bond donors (Lipinski definition) is 0. The molecule has 2 saturated heterocycles. The highest BCUT2D eigenvalue weighted by atomic mass is 32.2. The Morgan fingerprint density at radius 1 is 0.979 bits per heavy atom. The molecule has 0 saturated carbocycles. The summed E-state index contributed by atoms with van der Waals surface area (Å²) in [5.74, 6) is -0.243. The standard InChI is InChI=1S/C34H42N4O7S2/c1-6-44-30-10-8-7-9-27(30)34(45-33(40)37-19-17-36(18-20-37)25-13-15-35(4)16-14-25)28-22-26(43-5)11-12-29(28)38(32(34)39)47(41,42)31-21-23(2)46-24(31)3/h7-12,21-22,25H,6,13-20H2,1-5H3. The Morgan fingerprint density at radius 2 is 1.68 bits per heavy atom. The molecule has 4 heterocycles. The van der Waals surface area contributed by atoms with Gasteiger partial charge in [-0.1, -0.05) is 18.2 Å². The van der Waals surface area contributed by atoms with Crippen molar-refractivity contribution in [2.45, 2.75) is 50.2 Å². The van der Waals surface area contributed by atoms with Crippen molar-refractivity contribution in [1.29, 1.82) is 0 Å². The van der Waals surface area contributed by atoms with Crippen LogP contribution in [0.2, 0.25) is 0 Å². The van der Waals surface area contributed by atoms with Crippen molar-refractivity contribution in [1.82, 2.24) is 14.7 Å². The lowest BCUT2D eigenvalue weighted by Crippen LogP contribution is -2.55. The summed E-state index contributed by atoms with van der Waals surface area (Å²) < 4.78 is 47.5. The number of aryl methyl sites for hydroxylation is 2. The summed E-state index contributed by atoms with van der Waals surface area (Å²) in [6.07, 6.45) is 1.46. The number of anilines is 1. The summed E-state index contributed by atoms with van der Waals surface area (Å²) in [6, 6.07) is 13.5. The molecule has 3 aliphatic heterocycles. The third-order valence-corrected chi connectivity index (χ3v) is 12.3. The van der Waals surface area contributed by atoms with E-state index >= 15 is 4.79 Å². The first kappa shape index (κ1) is 33.3. The second-order valence-corrected chi connectivity index (χ2v) is 15.5. The predicted molar refractivity (Wildman–Crippen MR) is 180 cm³/mol. The number of piperidine rings is 1. The van der Waals surface area contributed by atoms with E-state index in [1.807, 2.05) is 13.8 Å². The van der Waals surface area contributed by atoms with Crippen LogP contribution in [0.15, 0.2) is 53.4 Å². The second kappa shape index (κ2) is 13.1. The zero-order valence-corrected chi connectivity index (χ0v) is 29.2. The number of rotatable bonds is 8. The van der Waals surface area contributed by atoms with Crippen LogP contribution >= 0.6 is 11.3 Å². The fraction of sp³-hybridized carbons (Fsp3) is 0.471. The first-order chi connectivity index (χ1) is 22.5. The van der Waals surface area contributed by atoms with Gasteiger partial charge >= 0.3 is 6.09 Å². The summed E-state index contributed by atoms with van der Waals surface area (Å²) in [6.45, 7) is 9.91. The minimum Gasteiger partial charge on any atom is -0.497 e. The van der Waals surface area contributed by atoms with Gasteiger partial charge in [-0.25, -0.2) is 13.2 Å². The number of amides is 2. The van der Waals surface area contributed by atoms with Gasteiger partial charge in [-0.05, 0) is 84.1 Å². The Bertz CT molecular complexity index is 1760. The highest BCUT2D eigenvalue weighted by Crippen LogP contribution is 2.53. The minimum absolute atomic E-state index is 0.0281. The van der Waals surface area contributed by atoms with Gasteiger partial charge in [-0.2, -0.15) is 4.31 Å². The number of carbonyl (C=O) groups excluding carboxylic acids is 2. The lowest BCUT2D eigenvalue weighted by atomic mass is 9.86. The molecule has 1 aromatic heterocycles. The zero-order chi connectivity index (χ0) is 33.5. The number of thiophene rings is 1. The molecule has 47 heavy (non-hydrogen) atoms. The van der Waals surface area contributed by atoms with Crippen LogP contribution in [0.5, 0.6) is 11.5 Å². The fourth-order valence-electron chi connectivity index (χ4n) is 6.95. The lowest BCUT2D eigenvalue weighted by Gasteiger charge is -2.42. The van der Waals surface area contributed by atoms with Crippen LogP contribution in [0, 0.1) is 13.8 Å². The maximum absolute atomic E-state index is 15.0. The first-order valence-corrected chi connectivity index (χ1v) is 18.2. The zero-order valence-electron chi connectivity index (χ0n) is 27.5. The topological polar surface area (TPSA) is 109 Å². The Kier molecular flexibility index (Phi) is 9.27. The maximum atomic E-state index is 15.0. The number of piperazine rings is 1. The van der Waals surface area contributed by atoms with Crippen molar-refractivity contribution in [3.8, 4) is 11.5 Å². The van der Waals surface area contributed by atoms with Gasteiger partial charge in [0.05, 0.1) is 25.0 Å². The largest absolute Gasteiger partial charge is 0.497 e. The molecule has 2 aromatic carbocycles. The smallest absolute Gasteiger partial charge is 0.411 e. The molecule has 3 aliphatic rings. The van der Waals surface area contributed by atoms with Gasteiger partial charge in [0.2, 0.25) is 5.60 Å². The van der Waals surface area contributed by atoms with Gasteiger partial charge in [-0.15, -0.1) is 11.3 Å². The van der Waals surface area contributed by atoms with Crippen molar-refractivity contribution < 1.29 is 32.2 Å². The summed E-state index contributed by atoms with van der Waals surface area (Å²) in [7, 11) is -0.804. The third-order valence-electron chi connectivity index (χ3n) is 9.38. The molecular weight excluding hydrogens is 641 g/mol. The average molecular weight is 683 g/mol. The molecule has 11 nitrogen and oxygen atoms in total. The summed E-state index contributed by atoms with van der Waals surface area (Å²) in [4.78, 5) is 37.0. The number of nitrogens with zero attached hydrogens (tertiary/aromatic N) is 4. The van der Waals surface area contributed by atoms with Crippen LogP contribution in [0.1, 0.15) is 40.6 Å². The van der Waals surface area contributed by atoms with E-state index in [0.29, 0.717) is 48.6 Å². The molecule has 2 amide bonds. The van der Waals surface area contributed by atoms with E-state index < -0.39 is 27.6 Å². The van der Waals surface area contributed by atoms with Gasteiger partial charge in [0.15, 0.2) is 0 Å². The molecule has 3 aromatic rings. The number of fused-ring (bicyclic) bond motifs is 1. The molecule has 0 radical (unpaired) electrons. The van der Waals surface area contributed by atoms with Crippen LogP contribution in [-0.2, 0) is 25.2 Å². The van der Waals surface area contributed by atoms with Crippen molar-refractivity contribution in [3.05, 3.63) is 69.4 Å². The van der Waals surface area contributed by atoms with Gasteiger partial charge in [0.25, 0.3) is 15.9 Å². The van der Waals surface area contributed by atoms with E-state index in [2.05, 4.69) is 16.8 Å². The van der Waals surface area contributed by atoms with Gasteiger partial charge in [-0.3, -0.25) is 9.69 Å².